The molecule has 0 aliphatic rings. The summed E-state index contributed by atoms with van der Waals surface area (Å²) < 4.78 is 14.6. The minimum absolute atomic E-state index is 0.0705. The van der Waals surface area contributed by atoms with Gasteiger partial charge < -0.3 is 10.6 Å². The number of carbonyl (C=O) groups is 1. The number of nitrogens with zero attached hydrogens (tertiary/aromatic N) is 2. The lowest BCUT2D eigenvalue weighted by atomic mass is 10.1. The molecule has 0 saturated heterocycles. The lowest BCUT2D eigenvalue weighted by molar-refractivity contribution is -0.118. The number of halogens is 2. The number of anilines is 2. The fraction of sp³-hybridized carbons (Fsp3) is 0.167. The van der Waals surface area contributed by atoms with Gasteiger partial charge in [-0.05, 0) is 42.3 Å². The van der Waals surface area contributed by atoms with E-state index in [0.717, 1.165) is 20.1 Å². The van der Waals surface area contributed by atoms with Crippen molar-refractivity contribution in [1.82, 2.24) is 15.5 Å². The normalized spacial score (nSPS) is 10.6. The van der Waals surface area contributed by atoms with Crippen molar-refractivity contribution in [3.63, 3.8) is 0 Å². The first-order valence-electron chi connectivity index (χ1n) is 8.08. The molecule has 0 radical (unpaired) electrons. The van der Waals surface area contributed by atoms with E-state index in [9.17, 15) is 9.18 Å². The number of nitrogens with one attached hydrogen (secondary N) is 2. The quantitative estimate of drug-likeness (QED) is 0.473. The number of amides is 1. The molecule has 3 aromatic rings. The van der Waals surface area contributed by atoms with Crippen molar-refractivity contribution < 1.29 is 9.18 Å². The molecule has 0 aliphatic carbocycles. The Kier molecular flexibility index (Phi) is 7.19. The summed E-state index contributed by atoms with van der Waals surface area (Å²) in [6.07, 6.45) is 0.663. The fourth-order valence-electron chi connectivity index (χ4n) is 2.18. The van der Waals surface area contributed by atoms with Gasteiger partial charge in [-0.2, -0.15) is 0 Å². The van der Waals surface area contributed by atoms with Crippen LogP contribution in [0.15, 0.2) is 57.3 Å². The van der Waals surface area contributed by atoms with Crippen LogP contribution in [0.5, 0.6) is 0 Å². The second-order valence-electron chi connectivity index (χ2n) is 5.52. The average molecular weight is 467 g/mol. The van der Waals surface area contributed by atoms with Crippen molar-refractivity contribution in [1.29, 1.82) is 0 Å². The van der Waals surface area contributed by atoms with E-state index in [1.807, 2.05) is 24.3 Å². The van der Waals surface area contributed by atoms with Crippen molar-refractivity contribution in [3.05, 3.63) is 64.4 Å². The Labute approximate surface area is 172 Å². The van der Waals surface area contributed by atoms with E-state index in [2.05, 4.69) is 36.8 Å². The van der Waals surface area contributed by atoms with Crippen molar-refractivity contribution in [2.45, 2.75) is 10.8 Å². The van der Waals surface area contributed by atoms with E-state index < -0.39 is 0 Å². The number of carbonyl (C=O) groups excluding carboxylic acids is 1. The molecule has 0 unspecified atom stereocenters. The van der Waals surface area contributed by atoms with E-state index in [1.165, 1.54) is 35.2 Å². The lowest BCUT2D eigenvalue weighted by Crippen LogP contribution is -2.27. The van der Waals surface area contributed by atoms with Crippen LogP contribution in [0.4, 0.5) is 15.2 Å². The maximum atomic E-state index is 12.9. The van der Waals surface area contributed by atoms with Gasteiger partial charge in [-0.15, -0.1) is 10.2 Å². The molecule has 2 aromatic carbocycles. The third kappa shape index (κ3) is 6.60. The van der Waals surface area contributed by atoms with Gasteiger partial charge in [-0.25, -0.2) is 4.39 Å². The van der Waals surface area contributed by atoms with Gasteiger partial charge in [-0.1, -0.05) is 57.2 Å². The van der Waals surface area contributed by atoms with Crippen LogP contribution in [0.3, 0.4) is 0 Å². The van der Waals surface area contributed by atoms with E-state index in [4.69, 9.17) is 0 Å². The fourth-order valence-corrected chi connectivity index (χ4v) is 4.19. The Bertz CT molecular complexity index is 904. The number of hydrogen-bond acceptors (Lipinski definition) is 6. The summed E-state index contributed by atoms with van der Waals surface area (Å²) in [6, 6.07) is 14.0. The molecule has 0 atom stereocenters. The van der Waals surface area contributed by atoms with Gasteiger partial charge in [0.15, 0.2) is 4.34 Å². The monoisotopic (exact) mass is 466 g/mol. The van der Waals surface area contributed by atoms with Gasteiger partial charge in [0.1, 0.15) is 5.82 Å². The molecule has 5 nitrogen and oxygen atoms in total. The first-order chi connectivity index (χ1) is 13.1. The van der Waals surface area contributed by atoms with Crippen molar-refractivity contribution >= 4 is 55.8 Å². The topological polar surface area (TPSA) is 66.9 Å². The van der Waals surface area contributed by atoms with E-state index >= 15 is 0 Å². The molecule has 0 spiro atoms. The van der Waals surface area contributed by atoms with Crippen molar-refractivity contribution in [3.8, 4) is 0 Å². The lowest BCUT2D eigenvalue weighted by Gasteiger charge is -2.04. The smallest absolute Gasteiger partial charge is 0.230 e. The Balaban J connectivity index is 1.40. The zero-order valence-corrected chi connectivity index (χ0v) is 17.3. The standard InChI is InChI=1S/C18H16BrFN4OS2/c19-13-2-1-3-15(10-13)22-17-23-24-18(27-17)26-11-16(25)21-9-8-12-4-6-14(20)7-5-12/h1-7,10H,8-9,11H2,(H,21,25)(H,22,23). The molecule has 2 N–H and O–H groups in total. The van der Waals surface area contributed by atoms with Gasteiger partial charge >= 0.3 is 0 Å². The maximum absolute atomic E-state index is 12.9. The summed E-state index contributed by atoms with van der Waals surface area (Å²) >= 11 is 6.16. The Morgan fingerprint density at radius 2 is 2.00 bits per heavy atom. The zero-order valence-electron chi connectivity index (χ0n) is 14.1. The maximum Gasteiger partial charge on any atom is 0.230 e. The average Bonchev–Trinajstić information content (AvgIpc) is 3.09. The summed E-state index contributed by atoms with van der Waals surface area (Å²) in [6.45, 7) is 0.511. The zero-order chi connectivity index (χ0) is 19.1. The van der Waals surface area contributed by atoms with Crippen molar-refractivity contribution in [2.24, 2.45) is 0 Å². The van der Waals surface area contributed by atoms with Crippen LogP contribution in [0, 0.1) is 5.82 Å². The summed E-state index contributed by atoms with van der Waals surface area (Å²) in [5.74, 6) is -0.0570. The van der Waals surface area contributed by atoms with Gasteiger partial charge in [-0.3, -0.25) is 4.79 Å². The first kappa shape index (κ1) is 19.8. The van der Waals surface area contributed by atoms with Crippen LogP contribution in [0.25, 0.3) is 0 Å². The number of rotatable bonds is 8. The third-order valence-electron chi connectivity index (χ3n) is 3.46. The van der Waals surface area contributed by atoms with Crippen LogP contribution in [0.1, 0.15) is 5.56 Å². The summed E-state index contributed by atoms with van der Waals surface area (Å²) in [5.41, 5.74) is 1.90. The highest BCUT2D eigenvalue weighted by atomic mass is 79.9. The second kappa shape index (κ2) is 9.82. The van der Waals surface area contributed by atoms with Gasteiger partial charge in [0.2, 0.25) is 11.0 Å². The van der Waals surface area contributed by atoms with Crippen molar-refractivity contribution in [2.75, 3.05) is 17.6 Å². The Morgan fingerprint density at radius 3 is 2.78 bits per heavy atom. The van der Waals surface area contributed by atoms with E-state index in [-0.39, 0.29) is 17.5 Å². The number of thioether (sulfide) groups is 1. The molecule has 140 valence electrons. The molecule has 0 aliphatic heterocycles. The number of aromatic nitrogens is 2. The first-order valence-corrected chi connectivity index (χ1v) is 10.7. The second-order valence-corrected chi connectivity index (χ2v) is 8.64. The van der Waals surface area contributed by atoms with Gasteiger partial charge in [0.05, 0.1) is 5.75 Å². The van der Waals surface area contributed by atoms with Crippen LogP contribution >= 0.6 is 39.0 Å². The molecular formula is C18H16BrFN4OS2. The van der Waals surface area contributed by atoms with Crippen LogP contribution in [-0.2, 0) is 11.2 Å². The minimum atomic E-state index is -0.259. The van der Waals surface area contributed by atoms with Gasteiger partial charge in [0.25, 0.3) is 0 Å². The summed E-state index contributed by atoms with van der Waals surface area (Å²) in [7, 11) is 0. The summed E-state index contributed by atoms with van der Waals surface area (Å²) in [5, 5.41) is 14.9. The predicted octanol–water partition coefficient (Wildman–Crippen LogP) is 4.63. The van der Waals surface area contributed by atoms with Crippen LogP contribution in [0.2, 0.25) is 0 Å². The molecule has 9 heteroatoms. The van der Waals surface area contributed by atoms with Crippen LogP contribution in [-0.4, -0.2) is 28.4 Å². The SMILES string of the molecule is O=C(CSc1nnc(Nc2cccc(Br)c2)s1)NCCc1ccc(F)cc1. The molecule has 3 rings (SSSR count). The third-order valence-corrected chi connectivity index (χ3v) is 5.92. The van der Waals surface area contributed by atoms with Crippen LogP contribution < -0.4 is 10.6 Å². The molecular weight excluding hydrogens is 451 g/mol. The summed E-state index contributed by atoms with van der Waals surface area (Å²) in [4.78, 5) is 11.9. The largest absolute Gasteiger partial charge is 0.355 e. The van der Waals surface area contributed by atoms with Gasteiger partial charge in [0, 0.05) is 16.7 Å². The molecule has 0 fully saturated rings. The molecule has 1 aromatic heterocycles. The molecule has 0 bridgehead atoms. The molecule has 1 heterocycles. The number of hydrogen-bond donors (Lipinski definition) is 2. The van der Waals surface area contributed by atoms with E-state index in [0.29, 0.717) is 18.1 Å². The molecule has 0 saturated carbocycles. The highest BCUT2D eigenvalue weighted by Crippen LogP contribution is 2.28. The predicted molar refractivity (Wildman–Crippen MR) is 111 cm³/mol. The minimum Gasteiger partial charge on any atom is -0.355 e. The highest BCUT2D eigenvalue weighted by molar-refractivity contribution is 9.10. The molecule has 27 heavy (non-hydrogen) atoms. The van der Waals surface area contributed by atoms with E-state index in [1.54, 1.807) is 12.1 Å². The molecule has 1 amide bonds. The highest BCUT2D eigenvalue weighted by Gasteiger charge is 2.08. The number of benzene rings is 2. The Morgan fingerprint density at radius 1 is 1.19 bits per heavy atom. The Hall–Kier alpha value is -1.97.